The van der Waals surface area contributed by atoms with Crippen LogP contribution in [0.2, 0.25) is 0 Å². The van der Waals surface area contributed by atoms with E-state index in [0.717, 1.165) is 5.56 Å². The van der Waals surface area contributed by atoms with Crippen molar-refractivity contribution < 1.29 is 4.79 Å². The molecule has 0 radical (unpaired) electrons. The van der Waals surface area contributed by atoms with Crippen LogP contribution in [0.4, 0.5) is 0 Å². The molecule has 0 saturated carbocycles. The first-order valence-corrected chi connectivity index (χ1v) is 5.30. The molecule has 0 aromatic carbocycles. The molecule has 0 aliphatic heterocycles. The van der Waals surface area contributed by atoms with Gasteiger partial charge >= 0.3 is 0 Å². The van der Waals surface area contributed by atoms with Crippen LogP contribution in [-0.2, 0) is 4.79 Å². The summed E-state index contributed by atoms with van der Waals surface area (Å²) >= 11 is 1.44. The molecule has 0 bridgehead atoms. The van der Waals surface area contributed by atoms with Crippen molar-refractivity contribution >= 4 is 17.2 Å². The van der Waals surface area contributed by atoms with Crippen molar-refractivity contribution in [3.63, 3.8) is 0 Å². The van der Waals surface area contributed by atoms with Crippen molar-refractivity contribution in [2.45, 2.75) is 5.92 Å². The predicted octanol–water partition coefficient (Wildman–Crippen LogP) is 1.16. The summed E-state index contributed by atoms with van der Waals surface area (Å²) in [7, 11) is 0. The van der Waals surface area contributed by atoms with Gasteiger partial charge in [-0.1, -0.05) is 6.07 Å². The van der Waals surface area contributed by atoms with E-state index >= 15 is 0 Å². The largest absolute Gasteiger partial charge is 0.369 e. The Morgan fingerprint density at radius 1 is 1.53 bits per heavy atom. The summed E-state index contributed by atoms with van der Waals surface area (Å²) in [5.41, 5.74) is 8.50. The topological polar surface area (TPSA) is 68.9 Å². The van der Waals surface area contributed by atoms with Crippen LogP contribution in [0.3, 0.4) is 0 Å². The van der Waals surface area contributed by atoms with E-state index in [1.165, 1.54) is 11.3 Å². The molecule has 1 amide bonds. The first-order valence-electron chi connectivity index (χ1n) is 4.36. The molecule has 1 unspecified atom stereocenters. The summed E-state index contributed by atoms with van der Waals surface area (Å²) < 4.78 is 0. The molecule has 4 nitrogen and oxygen atoms in total. The van der Waals surface area contributed by atoms with Gasteiger partial charge in [-0.2, -0.15) is 0 Å². The molecule has 2 aromatic rings. The monoisotopic (exact) mass is 219 g/mol. The maximum atomic E-state index is 11.4. The average Bonchev–Trinajstić information content (AvgIpc) is 2.72. The average molecular weight is 219 g/mol. The number of thiazole rings is 1. The summed E-state index contributed by atoms with van der Waals surface area (Å²) in [6, 6.07) is 3.60. The summed E-state index contributed by atoms with van der Waals surface area (Å²) in [5.74, 6) is -0.904. The van der Waals surface area contributed by atoms with E-state index in [0.29, 0.717) is 5.69 Å². The lowest BCUT2D eigenvalue weighted by molar-refractivity contribution is -0.118. The van der Waals surface area contributed by atoms with E-state index in [9.17, 15) is 4.79 Å². The number of carbonyl (C=O) groups is 1. The molecule has 2 heterocycles. The van der Waals surface area contributed by atoms with E-state index in [4.69, 9.17) is 5.73 Å². The van der Waals surface area contributed by atoms with Gasteiger partial charge in [-0.3, -0.25) is 9.78 Å². The highest BCUT2D eigenvalue weighted by molar-refractivity contribution is 7.07. The van der Waals surface area contributed by atoms with Gasteiger partial charge in [-0.25, -0.2) is 4.98 Å². The molecule has 5 heteroatoms. The van der Waals surface area contributed by atoms with E-state index in [2.05, 4.69) is 9.97 Å². The summed E-state index contributed by atoms with van der Waals surface area (Å²) in [4.78, 5) is 19.4. The fourth-order valence-corrected chi connectivity index (χ4v) is 1.97. The van der Waals surface area contributed by atoms with Crippen molar-refractivity contribution in [1.29, 1.82) is 0 Å². The number of carbonyl (C=O) groups excluding carboxylic acids is 1. The fraction of sp³-hybridized carbons (Fsp3) is 0.100. The molecule has 15 heavy (non-hydrogen) atoms. The second kappa shape index (κ2) is 4.18. The van der Waals surface area contributed by atoms with Crippen molar-refractivity contribution in [3.8, 4) is 0 Å². The Hall–Kier alpha value is -1.75. The van der Waals surface area contributed by atoms with Crippen LogP contribution >= 0.6 is 11.3 Å². The minimum Gasteiger partial charge on any atom is -0.369 e. The number of nitrogens with zero attached hydrogens (tertiary/aromatic N) is 2. The van der Waals surface area contributed by atoms with Gasteiger partial charge in [0.05, 0.1) is 11.2 Å². The minimum absolute atomic E-state index is 0.408. The number of pyridine rings is 1. The Morgan fingerprint density at radius 2 is 2.40 bits per heavy atom. The van der Waals surface area contributed by atoms with Gasteiger partial charge in [0, 0.05) is 17.8 Å². The van der Waals surface area contributed by atoms with Crippen molar-refractivity contribution in [2.24, 2.45) is 5.73 Å². The van der Waals surface area contributed by atoms with Crippen LogP contribution in [0.15, 0.2) is 35.4 Å². The zero-order valence-corrected chi connectivity index (χ0v) is 8.65. The second-order valence-corrected chi connectivity index (χ2v) is 3.75. The number of hydrogen-bond acceptors (Lipinski definition) is 4. The third-order valence-electron chi connectivity index (χ3n) is 2.05. The lowest BCUT2D eigenvalue weighted by atomic mass is 9.97. The highest BCUT2D eigenvalue weighted by Gasteiger charge is 2.21. The number of rotatable bonds is 3. The molecule has 76 valence electrons. The molecule has 1 atom stereocenters. The minimum atomic E-state index is -0.495. The number of nitrogens with two attached hydrogens (primary N) is 1. The van der Waals surface area contributed by atoms with Gasteiger partial charge in [0.15, 0.2) is 0 Å². The fourth-order valence-electron chi connectivity index (χ4n) is 1.39. The van der Waals surface area contributed by atoms with Gasteiger partial charge in [0.2, 0.25) is 5.91 Å². The third kappa shape index (κ3) is 2.02. The molecule has 2 aromatic heterocycles. The lowest BCUT2D eigenvalue weighted by Gasteiger charge is -2.09. The Labute approximate surface area is 90.8 Å². The Kier molecular flexibility index (Phi) is 2.73. The molecular weight excluding hydrogens is 210 g/mol. The van der Waals surface area contributed by atoms with E-state index in [-0.39, 0.29) is 0 Å². The third-order valence-corrected chi connectivity index (χ3v) is 2.65. The SMILES string of the molecule is NC(=O)C(c1cccnc1)c1cscn1. The maximum Gasteiger partial charge on any atom is 0.231 e. The Bertz CT molecular complexity index is 441. The zero-order chi connectivity index (χ0) is 10.7. The normalized spacial score (nSPS) is 12.3. The van der Waals surface area contributed by atoms with Crippen LogP contribution < -0.4 is 5.73 Å². The Morgan fingerprint density at radius 3 is 2.93 bits per heavy atom. The van der Waals surface area contributed by atoms with Gasteiger partial charge in [-0.05, 0) is 11.6 Å². The first kappa shape index (κ1) is 9.79. The van der Waals surface area contributed by atoms with Crippen molar-refractivity contribution in [3.05, 3.63) is 46.7 Å². The molecule has 0 saturated heterocycles. The van der Waals surface area contributed by atoms with Crippen LogP contribution in [0.1, 0.15) is 17.2 Å². The van der Waals surface area contributed by atoms with Gasteiger partial charge in [0.1, 0.15) is 5.92 Å². The smallest absolute Gasteiger partial charge is 0.231 e. The second-order valence-electron chi connectivity index (χ2n) is 3.04. The van der Waals surface area contributed by atoms with E-state index < -0.39 is 11.8 Å². The van der Waals surface area contributed by atoms with Crippen molar-refractivity contribution in [2.75, 3.05) is 0 Å². The van der Waals surface area contributed by atoms with E-state index in [1.807, 2.05) is 11.4 Å². The summed E-state index contributed by atoms with van der Waals surface area (Å²) in [5, 5.41) is 1.82. The van der Waals surface area contributed by atoms with Crippen LogP contribution in [-0.4, -0.2) is 15.9 Å². The van der Waals surface area contributed by atoms with Crippen molar-refractivity contribution in [1.82, 2.24) is 9.97 Å². The number of amides is 1. The van der Waals surface area contributed by atoms with Gasteiger partial charge in [0.25, 0.3) is 0 Å². The molecule has 0 fully saturated rings. The molecule has 0 aliphatic carbocycles. The summed E-state index contributed by atoms with van der Waals surface area (Å²) in [6.07, 6.45) is 3.29. The highest BCUT2D eigenvalue weighted by Crippen LogP contribution is 2.23. The lowest BCUT2D eigenvalue weighted by Crippen LogP contribution is -2.22. The number of primary amides is 1. The van der Waals surface area contributed by atoms with Gasteiger partial charge < -0.3 is 5.73 Å². The molecule has 0 aliphatic rings. The standard InChI is InChI=1S/C10H9N3OS/c11-10(14)9(8-5-15-6-13-8)7-2-1-3-12-4-7/h1-6,9H,(H2,11,14). The highest BCUT2D eigenvalue weighted by atomic mass is 32.1. The summed E-state index contributed by atoms with van der Waals surface area (Å²) in [6.45, 7) is 0. The Balaban J connectivity index is 2.42. The van der Waals surface area contributed by atoms with E-state index in [1.54, 1.807) is 24.0 Å². The quantitative estimate of drug-likeness (QED) is 0.842. The predicted molar refractivity (Wildman–Crippen MR) is 57.4 cm³/mol. The zero-order valence-electron chi connectivity index (χ0n) is 7.83. The molecule has 2 N–H and O–H groups in total. The van der Waals surface area contributed by atoms with Crippen LogP contribution in [0.25, 0.3) is 0 Å². The number of hydrogen-bond donors (Lipinski definition) is 1. The number of aromatic nitrogens is 2. The van der Waals surface area contributed by atoms with Crippen LogP contribution in [0.5, 0.6) is 0 Å². The first-order chi connectivity index (χ1) is 7.29. The maximum absolute atomic E-state index is 11.4. The van der Waals surface area contributed by atoms with Gasteiger partial charge in [-0.15, -0.1) is 11.3 Å². The molecular formula is C10H9N3OS. The molecule has 0 spiro atoms. The molecule has 2 rings (SSSR count). The van der Waals surface area contributed by atoms with Crippen LogP contribution in [0, 0.1) is 0 Å².